The van der Waals surface area contributed by atoms with Gasteiger partial charge in [0.2, 0.25) is 5.91 Å². The van der Waals surface area contributed by atoms with Gasteiger partial charge in [-0.1, -0.05) is 37.6 Å². The fourth-order valence-corrected chi connectivity index (χ4v) is 1.78. The number of benzene rings is 1. The van der Waals surface area contributed by atoms with Gasteiger partial charge in [-0.3, -0.25) is 4.79 Å². The molecule has 3 N–H and O–H groups in total. The van der Waals surface area contributed by atoms with Crippen molar-refractivity contribution in [3.8, 4) is 0 Å². The highest BCUT2D eigenvalue weighted by Gasteiger charge is 2.10. The maximum atomic E-state index is 11.6. The molecule has 1 aromatic rings. The Morgan fingerprint density at radius 3 is 2.76 bits per heavy atom. The van der Waals surface area contributed by atoms with Crippen molar-refractivity contribution in [2.45, 2.75) is 39.2 Å². The van der Waals surface area contributed by atoms with E-state index in [0.29, 0.717) is 6.54 Å². The second-order valence-electron chi connectivity index (χ2n) is 4.36. The summed E-state index contributed by atoms with van der Waals surface area (Å²) in [6.07, 6.45) is 2.54. The molecular weight excluding hydrogens is 212 g/mol. The molecule has 17 heavy (non-hydrogen) atoms. The number of hydrogen-bond acceptors (Lipinski definition) is 2. The molecule has 94 valence electrons. The minimum absolute atomic E-state index is 0.0413. The standard InChI is InChI=1S/C14H22N2O/c1-3-6-13(15)14(17)16-10-9-12-8-5-4-7-11(12)2/h4-5,7-8,13H,3,6,9-10,15H2,1-2H3,(H,16,17)/t13-/m1/s1. The van der Waals surface area contributed by atoms with Crippen molar-refractivity contribution >= 4 is 5.91 Å². The normalized spacial score (nSPS) is 12.2. The monoisotopic (exact) mass is 234 g/mol. The quantitative estimate of drug-likeness (QED) is 0.788. The summed E-state index contributed by atoms with van der Waals surface area (Å²) in [6, 6.07) is 7.85. The highest BCUT2D eigenvalue weighted by molar-refractivity contribution is 5.81. The van der Waals surface area contributed by atoms with Gasteiger partial charge in [0.15, 0.2) is 0 Å². The first-order valence-electron chi connectivity index (χ1n) is 6.23. The van der Waals surface area contributed by atoms with Gasteiger partial charge in [0.25, 0.3) is 0 Å². The molecule has 0 aliphatic heterocycles. The zero-order chi connectivity index (χ0) is 12.7. The molecule has 1 amide bonds. The molecule has 3 nitrogen and oxygen atoms in total. The predicted octanol–water partition coefficient (Wildman–Crippen LogP) is 1.78. The third-order valence-electron chi connectivity index (χ3n) is 2.89. The van der Waals surface area contributed by atoms with E-state index >= 15 is 0 Å². The van der Waals surface area contributed by atoms with Crippen LogP contribution in [0.3, 0.4) is 0 Å². The van der Waals surface area contributed by atoms with Crippen LogP contribution in [-0.4, -0.2) is 18.5 Å². The first kappa shape index (κ1) is 13.7. The summed E-state index contributed by atoms with van der Waals surface area (Å²) in [5.41, 5.74) is 8.26. The number of rotatable bonds is 6. The SMILES string of the molecule is CCC[C@@H](N)C(=O)NCCc1ccccc1C. The molecule has 0 fully saturated rings. The predicted molar refractivity (Wildman–Crippen MR) is 70.8 cm³/mol. The smallest absolute Gasteiger partial charge is 0.236 e. The van der Waals surface area contributed by atoms with Crippen molar-refractivity contribution in [1.82, 2.24) is 5.32 Å². The molecule has 0 saturated heterocycles. The van der Waals surface area contributed by atoms with Gasteiger partial charge in [0.1, 0.15) is 0 Å². The summed E-state index contributed by atoms with van der Waals surface area (Å²) in [4.78, 5) is 11.6. The van der Waals surface area contributed by atoms with Crippen LogP contribution < -0.4 is 11.1 Å². The van der Waals surface area contributed by atoms with Crippen LogP contribution in [0.4, 0.5) is 0 Å². The molecule has 0 saturated carbocycles. The van der Waals surface area contributed by atoms with Crippen molar-refractivity contribution < 1.29 is 4.79 Å². The van der Waals surface area contributed by atoms with Crippen molar-refractivity contribution in [2.75, 3.05) is 6.54 Å². The van der Waals surface area contributed by atoms with E-state index in [1.807, 2.05) is 19.1 Å². The summed E-state index contributed by atoms with van der Waals surface area (Å²) in [5.74, 6) is -0.0413. The van der Waals surface area contributed by atoms with E-state index in [4.69, 9.17) is 5.73 Å². The average Bonchev–Trinajstić information content (AvgIpc) is 2.31. The third kappa shape index (κ3) is 4.57. The summed E-state index contributed by atoms with van der Waals surface area (Å²) in [5, 5.41) is 2.88. The van der Waals surface area contributed by atoms with Gasteiger partial charge >= 0.3 is 0 Å². The van der Waals surface area contributed by atoms with Crippen LogP contribution in [-0.2, 0) is 11.2 Å². The van der Waals surface area contributed by atoms with Crippen LogP contribution in [0.15, 0.2) is 24.3 Å². The van der Waals surface area contributed by atoms with E-state index in [-0.39, 0.29) is 11.9 Å². The van der Waals surface area contributed by atoms with Crippen LogP contribution in [0.1, 0.15) is 30.9 Å². The van der Waals surface area contributed by atoms with E-state index in [9.17, 15) is 4.79 Å². The number of nitrogens with one attached hydrogen (secondary N) is 1. The van der Waals surface area contributed by atoms with Gasteiger partial charge < -0.3 is 11.1 Å². The zero-order valence-electron chi connectivity index (χ0n) is 10.7. The molecule has 0 bridgehead atoms. The molecule has 0 heterocycles. The summed E-state index contributed by atoms with van der Waals surface area (Å²) >= 11 is 0. The third-order valence-corrected chi connectivity index (χ3v) is 2.89. The van der Waals surface area contributed by atoms with Gasteiger partial charge in [-0.15, -0.1) is 0 Å². The Morgan fingerprint density at radius 1 is 1.41 bits per heavy atom. The minimum Gasteiger partial charge on any atom is -0.354 e. The minimum atomic E-state index is -0.364. The maximum absolute atomic E-state index is 11.6. The lowest BCUT2D eigenvalue weighted by atomic mass is 10.1. The molecule has 1 aromatic carbocycles. The topological polar surface area (TPSA) is 55.1 Å². The lowest BCUT2D eigenvalue weighted by molar-refractivity contribution is -0.122. The van der Waals surface area contributed by atoms with Crippen molar-refractivity contribution in [1.29, 1.82) is 0 Å². The maximum Gasteiger partial charge on any atom is 0.236 e. The van der Waals surface area contributed by atoms with Crippen molar-refractivity contribution in [3.05, 3.63) is 35.4 Å². The number of aryl methyl sites for hydroxylation is 1. The van der Waals surface area contributed by atoms with Crippen LogP contribution in [0.5, 0.6) is 0 Å². The van der Waals surface area contributed by atoms with E-state index in [1.54, 1.807) is 0 Å². The number of hydrogen-bond donors (Lipinski definition) is 2. The van der Waals surface area contributed by atoms with E-state index < -0.39 is 0 Å². The fraction of sp³-hybridized carbons (Fsp3) is 0.500. The number of amides is 1. The van der Waals surface area contributed by atoms with Crippen molar-refractivity contribution in [3.63, 3.8) is 0 Å². The van der Waals surface area contributed by atoms with Gasteiger partial charge in [-0.25, -0.2) is 0 Å². The number of nitrogens with two attached hydrogens (primary N) is 1. The molecule has 0 aliphatic rings. The highest BCUT2D eigenvalue weighted by atomic mass is 16.2. The van der Waals surface area contributed by atoms with Gasteiger partial charge in [-0.05, 0) is 30.9 Å². The Morgan fingerprint density at radius 2 is 2.12 bits per heavy atom. The molecule has 3 heteroatoms. The molecule has 1 rings (SSSR count). The molecule has 1 atom stereocenters. The summed E-state index contributed by atoms with van der Waals surface area (Å²) < 4.78 is 0. The Hall–Kier alpha value is -1.35. The Labute approximate surface area is 103 Å². The summed E-state index contributed by atoms with van der Waals surface area (Å²) in [6.45, 7) is 4.77. The lowest BCUT2D eigenvalue weighted by Crippen LogP contribution is -2.41. The molecule has 0 aliphatic carbocycles. The highest BCUT2D eigenvalue weighted by Crippen LogP contribution is 2.06. The van der Waals surface area contributed by atoms with Gasteiger partial charge in [0, 0.05) is 6.54 Å². The van der Waals surface area contributed by atoms with Crippen molar-refractivity contribution in [2.24, 2.45) is 5.73 Å². The first-order valence-corrected chi connectivity index (χ1v) is 6.23. The number of carbonyl (C=O) groups is 1. The van der Waals surface area contributed by atoms with Crippen LogP contribution in [0.25, 0.3) is 0 Å². The number of carbonyl (C=O) groups excluding carboxylic acids is 1. The van der Waals surface area contributed by atoms with E-state index in [1.165, 1.54) is 11.1 Å². The Bertz CT molecular complexity index is 363. The second kappa shape index (κ2) is 7.07. The molecular formula is C14H22N2O. The lowest BCUT2D eigenvalue weighted by Gasteiger charge is -2.11. The second-order valence-corrected chi connectivity index (χ2v) is 4.36. The molecule has 0 radical (unpaired) electrons. The fourth-order valence-electron chi connectivity index (χ4n) is 1.78. The zero-order valence-corrected chi connectivity index (χ0v) is 10.7. The van der Waals surface area contributed by atoms with Crippen LogP contribution >= 0.6 is 0 Å². The van der Waals surface area contributed by atoms with E-state index in [0.717, 1.165) is 19.3 Å². The first-order chi connectivity index (χ1) is 8.15. The average molecular weight is 234 g/mol. The molecule has 0 unspecified atom stereocenters. The van der Waals surface area contributed by atoms with Crippen LogP contribution in [0, 0.1) is 6.92 Å². The Balaban J connectivity index is 2.33. The van der Waals surface area contributed by atoms with Gasteiger partial charge in [0.05, 0.1) is 6.04 Å². The summed E-state index contributed by atoms with van der Waals surface area (Å²) in [7, 11) is 0. The van der Waals surface area contributed by atoms with Crippen LogP contribution in [0.2, 0.25) is 0 Å². The molecule has 0 spiro atoms. The van der Waals surface area contributed by atoms with E-state index in [2.05, 4.69) is 24.4 Å². The Kier molecular flexibility index (Phi) is 5.70. The van der Waals surface area contributed by atoms with Gasteiger partial charge in [-0.2, -0.15) is 0 Å². The largest absolute Gasteiger partial charge is 0.354 e. The molecule has 0 aromatic heterocycles.